The number of phenols is 2. The lowest BCUT2D eigenvalue weighted by Crippen LogP contribution is -2.22. The third-order valence-electron chi connectivity index (χ3n) is 4.00. The average Bonchev–Trinajstić information content (AvgIpc) is 2.63. The number of carbonyl (C=O) groups is 1. The fourth-order valence-electron chi connectivity index (χ4n) is 2.95. The van der Waals surface area contributed by atoms with Crippen molar-refractivity contribution in [2.75, 3.05) is 14.2 Å². The van der Waals surface area contributed by atoms with Crippen molar-refractivity contribution in [1.29, 1.82) is 0 Å². The summed E-state index contributed by atoms with van der Waals surface area (Å²) in [6.45, 7) is 1.75. The molecular weight excluding hydrogens is 344 g/mol. The van der Waals surface area contributed by atoms with Gasteiger partial charge >= 0.3 is 5.63 Å². The van der Waals surface area contributed by atoms with Crippen molar-refractivity contribution >= 4 is 12.4 Å². The Labute approximate surface area is 147 Å². The number of hydrogen-bond donors (Lipinski definition) is 2. The Balaban J connectivity index is 2.46. The molecule has 26 heavy (non-hydrogen) atoms. The van der Waals surface area contributed by atoms with Gasteiger partial charge in [-0.2, -0.15) is 0 Å². The van der Waals surface area contributed by atoms with Crippen LogP contribution in [0.1, 0.15) is 34.9 Å². The van der Waals surface area contributed by atoms with E-state index in [1.165, 1.54) is 20.3 Å². The molecule has 1 aliphatic rings. The molecule has 3 rings (SSSR count). The molecule has 2 heterocycles. The van der Waals surface area contributed by atoms with Crippen molar-refractivity contribution in [2.24, 2.45) is 0 Å². The van der Waals surface area contributed by atoms with E-state index in [1.807, 2.05) is 0 Å². The molecule has 0 fully saturated rings. The molecule has 8 nitrogen and oxygen atoms in total. The van der Waals surface area contributed by atoms with E-state index in [0.29, 0.717) is 6.29 Å². The van der Waals surface area contributed by atoms with Gasteiger partial charge in [0.1, 0.15) is 17.1 Å². The van der Waals surface area contributed by atoms with Crippen molar-refractivity contribution in [2.45, 2.75) is 13.2 Å². The molecule has 2 N–H and O–H groups in total. The summed E-state index contributed by atoms with van der Waals surface area (Å²) >= 11 is 0. The van der Waals surface area contributed by atoms with Crippen molar-refractivity contribution in [3.05, 3.63) is 39.4 Å². The van der Waals surface area contributed by atoms with E-state index in [2.05, 4.69) is 0 Å². The lowest BCUT2D eigenvalue weighted by Gasteiger charge is -2.29. The molecule has 0 saturated heterocycles. The molecule has 0 bridgehead atoms. The second-order valence-electron chi connectivity index (χ2n) is 5.41. The Morgan fingerprint density at radius 1 is 1.19 bits per heavy atom. The number of phenolic OH excluding ortho intramolecular Hbond substituents is 2. The number of hydrogen-bond acceptors (Lipinski definition) is 8. The van der Waals surface area contributed by atoms with Crippen molar-refractivity contribution in [3.8, 4) is 34.1 Å². The van der Waals surface area contributed by atoms with E-state index in [1.54, 1.807) is 19.1 Å². The monoisotopic (exact) mass is 360 g/mol. The molecule has 1 aromatic heterocycles. The standard InChI is InChI=1S/C18H16O8/c1-4-5-8-6-10-12(17(22)25-8)13-11(18(24-3)26-10)9(7-19)16(23-2)15(21)14(13)20/h4-7,18,20-21H,1-3H3/b5-4-. The molecule has 1 unspecified atom stereocenters. The van der Waals surface area contributed by atoms with Gasteiger partial charge in [-0.3, -0.25) is 4.79 Å². The normalized spacial score (nSPS) is 15.3. The highest BCUT2D eigenvalue weighted by Gasteiger charge is 2.38. The average molecular weight is 360 g/mol. The topological polar surface area (TPSA) is 115 Å². The zero-order valence-corrected chi connectivity index (χ0v) is 14.2. The summed E-state index contributed by atoms with van der Waals surface area (Å²) in [6, 6.07) is 1.45. The third-order valence-corrected chi connectivity index (χ3v) is 4.00. The van der Waals surface area contributed by atoms with Crippen LogP contribution in [0.25, 0.3) is 17.2 Å². The lowest BCUT2D eigenvalue weighted by atomic mass is 9.91. The zero-order chi connectivity index (χ0) is 19.0. The Bertz CT molecular complexity index is 970. The minimum atomic E-state index is -1.11. The van der Waals surface area contributed by atoms with E-state index in [0.717, 1.165) is 0 Å². The van der Waals surface area contributed by atoms with Gasteiger partial charge in [-0.25, -0.2) is 4.79 Å². The molecule has 0 saturated carbocycles. The summed E-state index contributed by atoms with van der Waals surface area (Å²) in [5, 5.41) is 20.7. The van der Waals surface area contributed by atoms with Gasteiger partial charge in [-0.1, -0.05) is 6.08 Å². The highest BCUT2D eigenvalue weighted by Crippen LogP contribution is 2.53. The first kappa shape index (κ1) is 17.6. The van der Waals surface area contributed by atoms with Gasteiger partial charge < -0.3 is 28.8 Å². The van der Waals surface area contributed by atoms with Gasteiger partial charge in [-0.15, -0.1) is 0 Å². The Morgan fingerprint density at radius 3 is 2.50 bits per heavy atom. The molecule has 0 amide bonds. The fourth-order valence-corrected chi connectivity index (χ4v) is 2.95. The van der Waals surface area contributed by atoms with Crippen LogP contribution in [0, 0.1) is 0 Å². The molecule has 0 aliphatic carbocycles. The number of allylic oxidation sites excluding steroid dienone is 1. The molecule has 0 spiro atoms. The van der Waals surface area contributed by atoms with Crippen LogP contribution in [-0.4, -0.2) is 30.7 Å². The number of ether oxygens (including phenoxy) is 3. The van der Waals surface area contributed by atoms with Crippen LogP contribution in [0.2, 0.25) is 0 Å². The molecule has 2 aromatic rings. The number of fused-ring (bicyclic) bond motifs is 3. The molecule has 1 aromatic carbocycles. The van der Waals surface area contributed by atoms with E-state index >= 15 is 0 Å². The quantitative estimate of drug-likeness (QED) is 0.631. The largest absolute Gasteiger partial charge is 0.504 e. The minimum absolute atomic E-state index is 0.0632. The van der Waals surface area contributed by atoms with E-state index in [4.69, 9.17) is 18.6 Å². The number of benzene rings is 1. The lowest BCUT2D eigenvalue weighted by molar-refractivity contribution is -0.0587. The first-order valence-electron chi connectivity index (χ1n) is 7.60. The van der Waals surface area contributed by atoms with Crippen LogP contribution in [-0.2, 0) is 4.74 Å². The highest BCUT2D eigenvalue weighted by molar-refractivity contribution is 5.94. The van der Waals surface area contributed by atoms with Gasteiger partial charge in [0.25, 0.3) is 0 Å². The van der Waals surface area contributed by atoms with Crippen LogP contribution in [0.4, 0.5) is 0 Å². The second-order valence-corrected chi connectivity index (χ2v) is 5.41. The molecule has 1 aliphatic heterocycles. The van der Waals surface area contributed by atoms with Gasteiger partial charge in [0.2, 0.25) is 12.0 Å². The van der Waals surface area contributed by atoms with Crippen molar-refractivity contribution in [3.63, 3.8) is 0 Å². The van der Waals surface area contributed by atoms with Crippen molar-refractivity contribution in [1.82, 2.24) is 0 Å². The smallest absolute Gasteiger partial charge is 0.348 e. The fraction of sp³-hybridized carbons (Fsp3) is 0.222. The van der Waals surface area contributed by atoms with E-state index < -0.39 is 23.4 Å². The van der Waals surface area contributed by atoms with Crippen LogP contribution in [0.5, 0.6) is 23.0 Å². The molecule has 0 radical (unpaired) electrons. The maximum absolute atomic E-state index is 12.5. The van der Waals surface area contributed by atoms with E-state index in [-0.39, 0.29) is 39.5 Å². The molecule has 8 heteroatoms. The summed E-state index contributed by atoms with van der Waals surface area (Å²) < 4.78 is 21.2. The van der Waals surface area contributed by atoms with E-state index in [9.17, 15) is 19.8 Å². The number of carbonyl (C=O) groups excluding carboxylic acids is 1. The van der Waals surface area contributed by atoms with Crippen molar-refractivity contribution < 1.29 is 33.6 Å². The predicted molar refractivity (Wildman–Crippen MR) is 90.8 cm³/mol. The van der Waals surface area contributed by atoms with Crippen LogP contribution < -0.4 is 15.1 Å². The number of aldehydes is 1. The summed E-state index contributed by atoms with van der Waals surface area (Å²) in [5.74, 6) is -1.24. The predicted octanol–water partition coefficient (Wildman–Crippen LogP) is 2.61. The second kappa shape index (κ2) is 6.57. The van der Waals surface area contributed by atoms with Gasteiger partial charge in [0, 0.05) is 24.3 Å². The Kier molecular flexibility index (Phi) is 4.43. The first-order valence-corrected chi connectivity index (χ1v) is 7.60. The van der Waals surface area contributed by atoms with Gasteiger partial charge in [0.15, 0.2) is 17.8 Å². The molecule has 136 valence electrons. The maximum Gasteiger partial charge on any atom is 0.348 e. The van der Waals surface area contributed by atoms with Crippen LogP contribution >= 0.6 is 0 Å². The number of methoxy groups -OCH3 is 2. The highest BCUT2D eigenvalue weighted by atomic mass is 16.7. The summed E-state index contributed by atoms with van der Waals surface area (Å²) in [4.78, 5) is 24.1. The molecule has 1 atom stereocenters. The van der Waals surface area contributed by atoms with Crippen LogP contribution in [0.3, 0.4) is 0 Å². The summed E-state index contributed by atoms with van der Waals surface area (Å²) in [7, 11) is 2.56. The summed E-state index contributed by atoms with van der Waals surface area (Å²) in [5.41, 5.74) is -1.07. The summed E-state index contributed by atoms with van der Waals surface area (Å²) in [6.07, 6.45) is 2.55. The number of aromatic hydroxyl groups is 2. The molecular formula is C18H16O8. The first-order chi connectivity index (χ1) is 12.5. The zero-order valence-electron chi connectivity index (χ0n) is 14.2. The van der Waals surface area contributed by atoms with Crippen LogP contribution in [0.15, 0.2) is 21.4 Å². The third kappa shape index (κ3) is 2.42. The Morgan fingerprint density at radius 2 is 1.92 bits per heavy atom. The maximum atomic E-state index is 12.5. The SMILES string of the molecule is C/C=C\c1cc2c(c(=O)o1)-c1c(O)c(O)c(OC)c(C=O)c1C(OC)O2. The van der Waals surface area contributed by atoms with Gasteiger partial charge in [0.05, 0.1) is 12.7 Å². The minimum Gasteiger partial charge on any atom is -0.504 e. The Hall–Kier alpha value is -3.26. The number of rotatable bonds is 4. The van der Waals surface area contributed by atoms with Gasteiger partial charge in [-0.05, 0) is 13.0 Å².